The highest BCUT2D eigenvalue weighted by molar-refractivity contribution is 5.00. The van der Waals surface area contributed by atoms with E-state index in [2.05, 4.69) is 10.6 Å². The van der Waals surface area contributed by atoms with Crippen molar-refractivity contribution < 1.29 is 49.2 Å². The van der Waals surface area contributed by atoms with Gasteiger partial charge in [0, 0.05) is 25.2 Å². The molecule has 3 heterocycles. The van der Waals surface area contributed by atoms with Crippen LogP contribution in [0.15, 0.2) is 0 Å². The predicted molar refractivity (Wildman–Crippen MR) is 135 cm³/mol. The molecule has 4 aliphatic rings. The molecular weight excluding hydrogens is 520 g/mol. The molecule has 39 heavy (non-hydrogen) atoms. The van der Waals surface area contributed by atoms with Crippen molar-refractivity contribution in [2.45, 2.75) is 117 Å². The average molecular weight is 567 g/mol. The first-order valence-corrected chi connectivity index (χ1v) is 13.6. The number of likely N-dealkylation sites (N-methyl/N-ethyl adjacent to an activating group) is 1. The predicted octanol–water partition coefficient (Wildman–Crippen LogP) is -6.33. The molecule has 11 unspecified atom stereocenters. The molecular formula is C23H46N6O10. The van der Waals surface area contributed by atoms with Crippen LogP contribution in [0, 0.1) is 0 Å². The maximum atomic E-state index is 11.2. The molecule has 16 heteroatoms. The third kappa shape index (κ3) is 6.72. The van der Waals surface area contributed by atoms with Crippen molar-refractivity contribution in [3.63, 3.8) is 0 Å². The molecule has 16 atom stereocenters. The number of aliphatic hydroxyl groups excluding tert-OH is 5. The summed E-state index contributed by atoms with van der Waals surface area (Å²) in [6.45, 7) is 0.179. The van der Waals surface area contributed by atoms with Gasteiger partial charge in [0.05, 0.1) is 36.9 Å². The number of nitrogens with one attached hydrogen (secondary N) is 2. The van der Waals surface area contributed by atoms with Gasteiger partial charge in [-0.2, -0.15) is 0 Å². The van der Waals surface area contributed by atoms with E-state index in [-0.39, 0.29) is 19.0 Å². The van der Waals surface area contributed by atoms with E-state index in [9.17, 15) is 25.5 Å². The van der Waals surface area contributed by atoms with Crippen molar-refractivity contribution in [2.75, 3.05) is 26.7 Å². The van der Waals surface area contributed by atoms with Crippen LogP contribution in [0.2, 0.25) is 0 Å². The van der Waals surface area contributed by atoms with Gasteiger partial charge >= 0.3 is 0 Å². The van der Waals surface area contributed by atoms with Crippen LogP contribution in [0.25, 0.3) is 0 Å². The molecule has 1 saturated carbocycles. The standard InChI is InChI=1S/C23H46N6O10/c1-28-15-17(33)20-12(6-10(27)21(38-20)37-19-9(26)4-8(25)5-11(19)31)35-22(15)39-23-18(34)16(32)14(29-3-2-24)13(7-30)36-23/h8-23,28-34H,2-7,24-27H2,1H3/t8?,9?,10?,11?,12-,13?,14+,15?,16?,17?,18?,19+,20?,21-,22?,23+/m0/s1. The fraction of sp³-hybridized carbons (Fsp3) is 1.00. The highest BCUT2D eigenvalue weighted by atomic mass is 16.8. The van der Waals surface area contributed by atoms with Crippen LogP contribution in [0.3, 0.4) is 0 Å². The van der Waals surface area contributed by atoms with Gasteiger partial charge < -0.3 is 82.8 Å². The summed E-state index contributed by atoms with van der Waals surface area (Å²) < 4.78 is 29.8. The summed E-state index contributed by atoms with van der Waals surface area (Å²) in [7, 11) is 1.59. The Morgan fingerprint density at radius 3 is 2.21 bits per heavy atom. The van der Waals surface area contributed by atoms with E-state index in [4.69, 9.17) is 46.6 Å². The largest absolute Gasteiger partial charge is 0.394 e. The van der Waals surface area contributed by atoms with E-state index < -0.39 is 98.5 Å². The van der Waals surface area contributed by atoms with Crippen molar-refractivity contribution in [1.29, 1.82) is 0 Å². The molecule has 16 nitrogen and oxygen atoms in total. The summed E-state index contributed by atoms with van der Waals surface area (Å²) >= 11 is 0. The fourth-order valence-electron chi connectivity index (χ4n) is 5.96. The van der Waals surface area contributed by atoms with Crippen molar-refractivity contribution in [3.8, 4) is 0 Å². The maximum absolute atomic E-state index is 11.2. The normalized spacial score (nSPS) is 50.9. The van der Waals surface area contributed by atoms with Gasteiger partial charge in [0.2, 0.25) is 0 Å². The van der Waals surface area contributed by atoms with Gasteiger partial charge in [0.25, 0.3) is 0 Å². The Morgan fingerprint density at radius 1 is 0.821 bits per heavy atom. The summed E-state index contributed by atoms with van der Waals surface area (Å²) in [5, 5.41) is 58.7. The third-order valence-corrected chi connectivity index (χ3v) is 8.04. The van der Waals surface area contributed by atoms with Crippen LogP contribution in [-0.2, 0) is 23.7 Å². The Labute approximate surface area is 227 Å². The zero-order valence-corrected chi connectivity index (χ0v) is 22.1. The number of aliphatic hydroxyl groups is 5. The highest BCUT2D eigenvalue weighted by Crippen LogP contribution is 2.35. The van der Waals surface area contributed by atoms with Gasteiger partial charge in [-0.25, -0.2) is 0 Å². The van der Waals surface area contributed by atoms with Crippen LogP contribution in [-0.4, -0.2) is 150 Å². The van der Waals surface area contributed by atoms with Crippen LogP contribution < -0.4 is 33.6 Å². The third-order valence-electron chi connectivity index (χ3n) is 8.04. The van der Waals surface area contributed by atoms with E-state index in [1.165, 1.54) is 0 Å². The molecule has 0 aromatic carbocycles. The molecule has 0 aromatic rings. The number of fused-ring (bicyclic) bond motifs is 1. The first kappa shape index (κ1) is 31.3. The highest BCUT2D eigenvalue weighted by Gasteiger charge is 2.54. The molecule has 228 valence electrons. The minimum absolute atomic E-state index is 0.224. The molecule has 0 radical (unpaired) electrons. The number of hydrogen-bond donors (Lipinski definition) is 11. The summed E-state index contributed by atoms with van der Waals surface area (Å²) in [5.74, 6) is 0. The zero-order valence-electron chi connectivity index (χ0n) is 22.1. The number of nitrogens with two attached hydrogens (primary N) is 4. The van der Waals surface area contributed by atoms with Crippen molar-refractivity contribution in [3.05, 3.63) is 0 Å². The Hall–Kier alpha value is -0.640. The second kappa shape index (κ2) is 13.6. The van der Waals surface area contributed by atoms with E-state index in [1.54, 1.807) is 7.05 Å². The summed E-state index contributed by atoms with van der Waals surface area (Å²) in [6, 6.07) is -3.01. The Balaban J connectivity index is 1.41. The summed E-state index contributed by atoms with van der Waals surface area (Å²) in [5.41, 5.74) is 24.0. The monoisotopic (exact) mass is 566 g/mol. The summed E-state index contributed by atoms with van der Waals surface area (Å²) in [4.78, 5) is 0. The van der Waals surface area contributed by atoms with E-state index in [1.807, 2.05) is 0 Å². The molecule has 0 aromatic heterocycles. The van der Waals surface area contributed by atoms with Gasteiger partial charge in [-0.1, -0.05) is 0 Å². The van der Waals surface area contributed by atoms with Gasteiger partial charge in [-0.15, -0.1) is 0 Å². The number of rotatable bonds is 9. The van der Waals surface area contributed by atoms with E-state index in [0.717, 1.165) is 0 Å². The Morgan fingerprint density at radius 2 is 1.56 bits per heavy atom. The quantitative estimate of drug-likeness (QED) is 0.124. The maximum Gasteiger partial charge on any atom is 0.189 e. The Bertz CT molecular complexity index is 761. The molecule has 0 bridgehead atoms. The van der Waals surface area contributed by atoms with Crippen LogP contribution in [0.5, 0.6) is 0 Å². The SMILES string of the molecule is CNC1C(O[C@H]2OC(CO)[C@@H](NCCN)C(O)C2O)O[C@H]2CC(N)[C@@H](O[C@@H]3C(N)CC(N)CC3O)OC2C1O. The second-order valence-electron chi connectivity index (χ2n) is 10.9. The lowest BCUT2D eigenvalue weighted by atomic mass is 9.86. The van der Waals surface area contributed by atoms with E-state index >= 15 is 0 Å². The van der Waals surface area contributed by atoms with Crippen molar-refractivity contribution >= 4 is 0 Å². The number of ether oxygens (including phenoxy) is 5. The zero-order chi connectivity index (χ0) is 28.4. The second-order valence-corrected chi connectivity index (χ2v) is 10.9. The smallest absolute Gasteiger partial charge is 0.189 e. The van der Waals surface area contributed by atoms with E-state index in [0.29, 0.717) is 19.4 Å². The van der Waals surface area contributed by atoms with Crippen LogP contribution in [0.4, 0.5) is 0 Å². The van der Waals surface area contributed by atoms with Gasteiger partial charge in [0.1, 0.15) is 36.6 Å². The lowest BCUT2D eigenvalue weighted by Gasteiger charge is -2.51. The molecule has 3 aliphatic heterocycles. The first-order chi connectivity index (χ1) is 18.6. The van der Waals surface area contributed by atoms with Crippen LogP contribution in [0.1, 0.15) is 19.3 Å². The van der Waals surface area contributed by atoms with Gasteiger partial charge in [-0.05, 0) is 26.3 Å². The average Bonchev–Trinajstić information content (AvgIpc) is 2.89. The molecule has 3 saturated heterocycles. The lowest BCUT2D eigenvalue weighted by Crippen LogP contribution is -2.70. The van der Waals surface area contributed by atoms with Gasteiger partial charge in [0.15, 0.2) is 18.9 Å². The minimum atomic E-state index is -1.49. The molecule has 4 fully saturated rings. The molecule has 4 rings (SSSR count). The van der Waals surface area contributed by atoms with Gasteiger partial charge in [-0.3, -0.25) is 0 Å². The molecule has 15 N–H and O–H groups in total. The van der Waals surface area contributed by atoms with Crippen molar-refractivity contribution in [2.24, 2.45) is 22.9 Å². The molecule has 0 amide bonds. The molecule has 1 aliphatic carbocycles. The topological polar surface area (TPSA) is 275 Å². The fourth-order valence-corrected chi connectivity index (χ4v) is 5.96. The van der Waals surface area contributed by atoms with Crippen LogP contribution >= 0.6 is 0 Å². The summed E-state index contributed by atoms with van der Waals surface area (Å²) in [6.07, 6.45) is -10.5. The Kier molecular flexibility index (Phi) is 10.9. The number of hydrogen-bond acceptors (Lipinski definition) is 16. The van der Waals surface area contributed by atoms with Crippen molar-refractivity contribution in [1.82, 2.24) is 10.6 Å². The minimum Gasteiger partial charge on any atom is -0.394 e. The lowest BCUT2D eigenvalue weighted by molar-refractivity contribution is -0.373. The molecule has 0 spiro atoms. The first-order valence-electron chi connectivity index (χ1n) is 13.6.